The fourth-order valence-electron chi connectivity index (χ4n) is 2.17. The van der Waals surface area contributed by atoms with Crippen LogP contribution in [0.4, 0.5) is 0 Å². The first-order chi connectivity index (χ1) is 11.3. The molecular formula is C17H26N4OS2. The molecule has 1 atom stereocenters. The van der Waals surface area contributed by atoms with Crippen LogP contribution in [-0.2, 0) is 17.6 Å². The lowest BCUT2D eigenvalue weighted by molar-refractivity contribution is -0.128. The summed E-state index contributed by atoms with van der Waals surface area (Å²) in [6.07, 6.45) is 2.08. The molecule has 0 spiro atoms. The van der Waals surface area contributed by atoms with Crippen molar-refractivity contribution >= 4 is 39.6 Å². The first kappa shape index (κ1) is 20.6. The number of carbonyl (C=O) groups is 1. The van der Waals surface area contributed by atoms with Gasteiger partial charge < -0.3 is 10.6 Å². The zero-order chi connectivity index (χ0) is 18.1. The average molecular weight is 367 g/mol. The number of carbonyl (C=O) groups excluding carboxylic acids is 1. The summed E-state index contributed by atoms with van der Waals surface area (Å²) in [5, 5.41) is 15.7. The summed E-state index contributed by atoms with van der Waals surface area (Å²) >= 11 is 2.81. The first-order valence-electron chi connectivity index (χ1n) is 7.74. The molecule has 0 radical (unpaired) electrons. The Morgan fingerprint density at radius 3 is 2.29 bits per heavy atom. The summed E-state index contributed by atoms with van der Waals surface area (Å²) < 4.78 is 0. The van der Waals surface area contributed by atoms with Gasteiger partial charge in [-0.1, -0.05) is 36.0 Å². The van der Waals surface area contributed by atoms with Crippen LogP contribution in [0.3, 0.4) is 0 Å². The Morgan fingerprint density at radius 2 is 1.79 bits per heavy atom. The molecule has 24 heavy (non-hydrogen) atoms. The minimum Gasteiger partial charge on any atom is -0.379 e. The van der Waals surface area contributed by atoms with Crippen LogP contribution in [0.15, 0.2) is 24.3 Å². The molecule has 0 aromatic heterocycles. The van der Waals surface area contributed by atoms with E-state index in [1.165, 1.54) is 34.7 Å². The summed E-state index contributed by atoms with van der Waals surface area (Å²) in [7, 11) is 3.52. The van der Waals surface area contributed by atoms with Crippen molar-refractivity contribution in [3.8, 4) is 0 Å². The van der Waals surface area contributed by atoms with Crippen LogP contribution < -0.4 is 5.73 Å². The molecule has 4 N–H and O–H groups in total. The van der Waals surface area contributed by atoms with Gasteiger partial charge in [0.05, 0.1) is 5.04 Å². The van der Waals surface area contributed by atoms with Gasteiger partial charge in [0.25, 0.3) is 0 Å². The third kappa shape index (κ3) is 8.40. The predicted molar refractivity (Wildman–Crippen MR) is 106 cm³/mol. The standard InChI is InChI=1S/C17H26N4OS2/c1-12(18)24-15(11-16(22)21(2)3)10-14-6-4-13(5-7-14)8-9-23-17(19)20/h4-7,15,18H,8-11H2,1-3H3,(H3,19,20)/t15-/m0/s1. The van der Waals surface area contributed by atoms with Gasteiger partial charge in [-0.25, -0.2) is 0 Å². The molecule has 132 valence electrons. The third-order valence-corrected chi connectivity index (χ3v) is 5.12. The number of nitrogens with one attached hydrogen (secondary N) is 2. The van der Waals surface area contributed by atoms with Gasteiger partial charge in [-0.05, 0) is 30.9 Å². The quantitative estimate of drug-likeness (QED) is 0.487. The van der Waals surface area contributed by atoms with E-state index in [2.05, 4.69) is 24.3 Å². The highest BCUT2D eigenvalue weighted by Gasteiger charge is 2.17. The SMILES string of the molecule is CC(=N)S[C@H](CC(=O)N(C)C)Cc1ccc(CCSC(=N)N)cc1. The van der Waals surface area contributed by atoms with Gasteiger partial charge in [-0.15, -0.1) is 11.8 Å². The highest BCUT2D eigenvalue weighted by molar-refractivity contribution is 8.14. The molecule has 0 fully saturated rings. The lowest BCUT2D eigenvalue weighted by atomic mass is 10.0. The van der Waals surface area contributed by atoms with Gasteiger partial charge in [-0.3, -0.25) is 15.6 Å². The molecule has 1 aromatic rings. The number of hydrogen-bond donors (Lipinski definition) is 3. The van der Waals surface area contributed by atoms with Gasteiger partial charge in [0.15, 0.2) is 5.17 Å². The first-order valence-corrected chi connectivity index (χ1v) is 9.61. The number of hydrogen-bond acceptors (Lipinski definition) is 5. The van der Waals surface area contributed by atoms with Gasteiger partial charge in [0.1, 0.15) is 0 Å². The van der Waals surface area contributed by atoms with Crippen molar-refractivity contribution < 1.29 is 4.79 Å². The van der Waals surface area contributed by atoms with E-state index >= 15 is 0 Å². The number of amides is 1. The molecule has 0 saturated heterocycles. The van der Waals surface area contributed by atoms with E-state index in [-0.39, 0.29) is 16.3 Å². The molecule has 0 aliphatic rings. The number of thioether (sulfide) groups is 2. The van der Waals surface area contributed by atoms with Crippen molar-refractivity contribution in [2.45, 2.75) is 31.4 Å². The summed E-state index contributed by atoms with van der Waals surface area (Å²) in [5.74, 6) is 0.893. The molecule has 0 unspecified atom stereocenters. The van der Waals surface area contributed by atoms with Gasteiger partial charge >= 0.3 is 0 Å². The number of nitrogens with zero attached hydrogens (tertiary/aromatic N) is 1. The van der Waals surface area contributed by atoms with E-state index in [1.807, 2.05) is 0 Å². The number of benzene rings is 1. The molecule has 1 amide bonds. The highest BCUT2D eigenvalue weighted by atomic mass is 32.2. The summed E-state index contributed by atoms with van der Waals surface area (Å²) in [5.41, 5.74) is 7.71. The van der Waals surface area contributed by atoms with Crippen LogP contribution in [-0.4, -0.2) is 46.1 Å². The Hall–Kier alpha value is -1.47. The second-order valence-corrected chi connectivity index (χ2v) is 8.42. The van der Waals surface area contributed by atoms with Gasteiger partial charge in [-0.2, -0.15) is 0 Å². The minimum absolute atomic E-state index is 0.0801. The van der Waals surface area contributed by atoms with Crippen LogP contribution in [0.1, 0.15) is 24.5 Å². The molecule has 0 heterocycles. The second-order valence-electron chi connectivity index (χ2n) is 5.77. The van der Waals surface area contributed by atoms with Crippen LogP contribution in [0.5, 0.6) is 0 Å². The predicted octanol–water partition coefficient (Wildman–Crippen LogP) is 2.98. The van der Waals surface area contributed by atoms with E-state index in [0.29, 0.717) is 11.5 Å². The summed E-state index contributed by atoms with van der Waals surface area (Å²) in [6, 6.07) is 8.34. The Balaban J connectivity index is 2.63. The Kier molecular flexibility index (Phi) is 8.92. The van der Waals surface area contributed by atoms with Gasteiger partial charge in [0, 0.05) is 31.5 Å². The third-order valence-electron chi connectivity index (χ3n) is 3.38. The van der Waals surface area contributed by atoms with E-state index in [0.717, 1.165) is 18.6 Å². The highest BCUT2D eigenvalue weighted by Crippen LogP contribution is 2.22. The van der Waals surface area contributed by atoms with E-state index < -0.39 is 0 Å². The molecule has 0 bridgehead atoms. The number of rotatable bonds is 8. The lowest BCUT2D eigenvalue weighted by Crippen LogP contribution is -2.26. The van der Waals surface area contributed by atoms with Crippen molar-refractivity contribution in [2.24, 2.45) is 5.73 Å². The summed E-state index contributed by atoms with van der Waals surface area (Å²) in [4.78, 5) is 13.6. The van der Waals surface area contributed by atoms with Crippen molar-refractivity contribution in [2.75, 3.05) is 19.8 Å². The smallest absolute Gasteiger partial charge is 0.223 e. The van der Waals surface area contributed by atoms with E-state index in [1.54, 1.807) is 25.9 Å². The Bertz CT molecular complexity index is 572. The fraction of sp³-hybridized carbons (Fsp3) is 0.471. The molecule has 0 saturated carbocycles. The molecule has 5 nitrogen and oxygen atoms in total. The average Bonchev–Trinajstić information content (AvgIpc) is 2.47. The molecular weight excluding hydrogens is 340 g/mol. The maximum Gasteiger partial charge on any atom is 0.223 e. The van der Waals surface area contributed by atoms with Crippen LogP contribution in [0.25, 0.3) is 0 Å². The molecule has 0 aliphatic heterocycles. The molecule has 1 aromatic carbocycles. The Labute approximate surface area is 152 Å². The summed E-state index contributed by atoms with van der Waals surface area (Å²) in [6.45, 7) is 1.76. The van der Waals surface area contributed by atoms with E-state index in [4.69, 9.17) is 16.6 Å². The number of amidine groups is 1. The van der Waals surface area contributed by atoms with Crippen LogP contribution in [0.2, 0.25) is 0 Å². The van der Waals surface area contributed by atoms with Crippen LogP contribution in [0, 0.1) is 10.8 Å². The number of nitrogens with two attached hydrogens (primary N) is 1. The zero-order valence-corrected chi connectivity index (χ0v) is 16.1. The molecule has 1 rings (SSSR count). The van der Waals surface area contributed by atoms with Gasteiger partial charge in [0.2, 0.25) is 5.91 Å². The maximum absolute atomic E-state index is 12.0. The lowest BCUT2D eigenvalue weighted by Gasteiger charge is -2.18. The number of aryl methyl sites for hydroxylation is 1. The topological polar surface area (TPSA) is 94.0 Å². The minimum atomic E-state index is 0.0801. The van der Waals surface area contributed by atoms with E-state index in [9.17, 15) is 4.79 Å². The largest absolute Gasteiger partial charge is 0.379 e. The monoisotopic (exact) mass is 366 g/mol. The van der Waals surface area contributed by atoms with Crippen molar-refractivity contribution in [1.29, 1.82) is 10.8 Å². The Morgan fingerprint density at radius 1 is 1.21 bits per heavy atom. The normalized spacial score (nSPS) is 11.8. The molecule has 0 aliphatic carbocycles. The zero-order valence-electron chi connectivity index (χ0n) is 14.5. The van der Waals surface area contributed by atoms with Crippen molar-refractivity contribution in [1.82, 2.24) is 4.90 Å². The van der Waals surface area contributed by atoms with Crippen LogP contribution >= 0.6 is 23.5 Å². The van der Waals surface area contributed by atoms with Crippen molar-refractivity contribution in [3.05, 3.63) is 35.4 Å². The van der Waals surface area contributed by atoms with Crippen molar-refractivity contribution in [3.63, 3.8) is 0 Å². The fourth-order valence-corrected chi connectivity index (χ4v) is 3.73. The second kappa shape index (κ2) is 10.4. The molecule has 7 heteroatoms. The maximum atomic E-state index is 12.0.